The Kier molecular flexibility index (Phi) is 3.09. The molecule has 0 fully saturated rings. The summed E-state index contributed by atoms with van der Waals surface area (Å²) in [5, 5.41) is 2.98. The highest BCUT2D eigenvalue weighted by molar-refractivity contribution is 5.97. The predicted molar refractivity (Wildman–Crippen MR) is 85.8 cm³/mol. The van der Waals surface area contributed by atoms with E-state index < -0.39 is 0 Å². The lowest BCUT2D eigenvalue weighted by atomic mass is 9.95. The lowest BCUT2D eigenvalue weighted by Crippen LogP contribution is -2.34. The van der Waals surface area contributed by atoms with Crippen LogP contribution in [0.1, 0.15) is 30.9 Å². The monoisotopic (exact) mass is 281 g/mol. The van der Waals surface area contributed by atoms with Crippen LogP contribution in [-0.2, 0) is 4.79 Å². The Morgan fingerprint density at radius 3 is 1.90 bits per heavy atom. The van der Waals surface area contributed by atoms with Crippen LogP contribution in [-0.4, -0.2) is 11.9 Å². The number of hydrogen-bond acceptors (Lipinski definition) is 3. The van der Waals surface area contributed by atoms with E-state index in [1.807, 2.05) is 50.2 Å². The SMILES string of the molecule is CC(C)NC(=O)C1c2cc(N)ccc2-c2ccc(N)cc21. The fraction of sp³-hybridized carbons (Fsp3) is 0.235. The standard InChI is InChI=1S/C17H19N3O/c1-9(2)20-17(21)16-14-7-10(18)3-5-12(14)13-6-4-11(19)8-15(13)16/h3-9,16H,18-19H2,1-2H3,(H,20,21). The predicted octanol–water partition coefficient (Wildman–Crippen LogP) is 2.49. The Bertz CT molecular complexity index is 670. The summed E-state index contributed by atoms with van der Waals surface area (Å²) in [4.78, 5) is 12.6. The molecule has 0 atom stereocenters. The van der Waals surface area contributed by atoms with Gasteiger partial charge in [0.1, 0.15) is 0 Å². The molecule has 4 nitrogen and oxygen atoms in total. The number of carbonyl (C=O) groups is 1. The maximum absolute atomic E-state index is 12.6. The average molecular weight is 281 g/mol. The maximum Gasteiger partial charge on any atom is 0.232 e. The molecule has 4 heteroatoms. The van der Waals surface area contributed by atoms with Crippen molar-refractivity contribution in [1.29, 1.82) is 0 Å². The summed E-state index contributed by atoms with van der Waals surface area (Å²) in [6, 6.07) is 11.5. The molecule has 0 saturated carbocycles. The molecule has 0 aliphatic heterocycles. The number of carbonyl (C=O) groups excluding carboxylic acids is 1. The molecule has 0 heterocycles. The Labute approximate surface area is 124 Å². The number of nitrogen functional groups attached to an aromatic ring is 2. The van der Waals surface area contributed by atoms with E-state index in [1.54, 1.807) is 0 Å². The molecule has 1 aliphatic rings. The smallest absolute Gasteiger partial charge is 0.232 e. The maximum atomic E-state index is 12.6. The normalized spacial score (nSPS) is 13.1. The van der Waals surface area contributed by atoms with Gasteiger partial charge in [0.2, 0.25) is 5.91 Å². The summed E-state index contributed by atoms with van der Waals surface area (Å²) in [7, 11) is 0. The van der Waals surface area contributed by atoms with Gasteiger partial charge in [0.15, 0.2) is 0 Å². The molecule has 0 aromatic heterocycles. The molecule has 0 bridgehead atoms. The van der Waals surface area contributed by atoms with Gasteiger partial charge in [-0.1, -0.05) is 12.1 Å². The molecule has 2 aromatic carbocycles. The number of benzene rings is 2. The number of fused-ring (bicyclic) bond motifs is 3. The fourth-order valence-electron chi connectivity index (χ4n) is 2.95. The number of rotatable bonds is 2. The Morgan fingerprint density at radius 1 is 1.00 bits per heavy atom. The van der Waals surface area contributed by atoms with Gasteiger partial charge < -0.3 is 16.8 Å². The molecule has 1 aliphatic carbocycles. The van der Waals surface area contributed by atoms with Crippen molar-refractivity contribution in [2.45, 2.75) is 25.8 Å². The van der Waals surface area contributed by atoms with E-state index in [4.69, 9.17) is 11.5 Å². The van der Waals surface area contributed by atoms with Crippen LogP contribution >= 0.6 is 0 Å². The molecule has 1 amide bonds. The molecular formula is C17H19N3O. The molecule has 0 spiro atoms. The van der Waals surface area contributed by atoms with Crippen LogP contribution in [0.5, 0.6) is 0 Å². The second-order valence-corrected chi connectivity index (χ2v) is 5.79. The number of amides is 1. The van der Waals surface area contributed by atoms with E-state index in [9.17, 15) is 4.79 Å². The van der Waals surface area contributed by atoms with Crippen LogP contribution in [0.15, 0.2) is 36.4 Å². The van der Waals surface area contributed by atoms with E-state index in [1.165, 1.54) is 0 Å². The van der Waals surface area contributed by atoms with Crippen molar-refractivity contribution in [3.8, 4) is 11.1 Å². The van der Waals surface area contributed by atoms with Crippen LogP contribution in [0.2, 0.25) is 0 Å². The highest BCUT2D eigenvalue weighted by Gasteiger charge is 2.34. The average Bonchev–Trinajstić information content (AvgIpc) is 2.70. The summed E-state index contributed by atoms with van der Waals surface area (Å²) >= 11 is 0. The topological polar surface area (TPSA) is 81.1 Å². The van der Waals surface area contributed by atoms with E-state index in [-0.39, 0.29) is 17.9 Å². The number of hydrogen-bond donors (Lipinski definition) is 3. The van der Waals surface area contributed by atoms with Gasteiger partial charge in [-0.05, 0) is 60.4 Å². The van der Waals surface area contributed by atoms with Crippen molar-refractivity contribution in [3.05, 3.63) is 47.5 Å². The third kappa shape index (κ3) is 2.23. The first-order valence-electron chi connectivity index (χ1n) is 7.07. The zero-order chi connectivity index (χ0) is 15.1. The molecule has 3 rings (SSSR count). The summed E-state index contributed by atoms with van der Waals surface area (Å²) in [6.45, 7) is 3.90. The van der Waals surface area contributed by atoms with Gasteiger partial charge in [0.05, 0.1) is 5.92 Å². The van der Waals surface area contributed by atoms with E-state index >= 15 is 0 Å². The molecule has 21 heavy (non-hydrogen) atoms. The van der Waals surface area contributed by atoms with Gasteiger partial charge in [-0.2, -0.15) is 0 Å². The Balaban J connectivity index is 2.17. The first-order valence-corrected chi connectivity index (χ1v) is 7.07. The lowest BCUT2D eigenvalue weighted by Gasteiger charge is -2.16. The van der Waals surface area contributed by atoms with Gasteiger partial charge in [0, 0.05) is 17.4 Å². The number of nitrogens with one attached hydrogen (secondary N) is 1. The van der Waals surface area contributed by atoms with Gasteiger partial charge in [-0.15, -0.1) is 0 Å². The van der Waals surface area contributed by atoms with Gasteiger partial charge in [-0.3, -0.25) is 4.79 Å². The lowest BCUT2D eigenvalue weighted by molar-refractivity contribution is -0.122. The Morgan fingerprint density at radius 2 is 1.48 bits per heavy atom. The minimum Gasteiger partial charge on any atom is -0.399 e. The highest BCUT2D eigenvalue weighted by atomic mass is 16.1. The minimum atomic E-state index is -0.343. The first kappa shape index (κ1) is 13.5. The molecule has 0 saturated heterocycles. The van der Waals surface area contributed by atoms with Crippen molar-refractivity contribution in [2.75, 3.05) is 11.5 Å². The van der Waals surface area contributed by atoms with E-state index in [0.717, 1.165) is 22.3 Å². The number of nitrogens with two attached hydrogens (primary N) is 2. The molecule has 0 unspecified atom stereocenters. The molecule has 108 valence electrons. The zero-order valence-corrected chi connectivity index (χ0v) is 12.2. The second kappa shape index (κ2) is 4.81. The van der Waals surface area contributed by atoms with Crippen LogP contribution in [0.4, 0.5) is 11.4 Å². The van der Waals surface area contributed by atoms with Gasteiger partial charge >= 0.3 is 0 Å². The van der Waals surface area contributed by atoms with Crippen molar-refractivity contribution >= 4 is 17.3 Å². The quantitative estimate of drug-likeness (QED) is 0.740. The largest absolute Gasteiger partial charge is 0.399 e. The summed E-state index contributed by atoms with van der Waals surface area (Å²) in [5.74, 6) is -0.356. The molecular weight excluding hydrogens is 262 g/mol. The second-order valence-electron chi connectivity index (χ2n) is 5.79. The summed E-state index contributed by atoms with van der Waals surface area (Å²) < 4.78 is 0. The van der Waals surface area contributed by atoms with Crippen molar-refractivity contribution in [1.82, 2.24) is 5.32 Å². The van der Waals surface area contributed by atoms with Gasteiger partial charge in [0.25, 0.3) is 0 Å². The van der Waals surface area contributed by atoms with Crippen LogP contribution < -0.4 is 16.8 Å². The summed E-state index contributed by atoms with van der Waals surface area (Å²) in [5.41, 5.74) is 17.2. The fourth-order valence-corrected chi connectivity index (χ4v) is 2.95. The van der Waals surface area contributed by atoms with Crippen molar-refractivity contribution in [2.24, 2.45) is 0 Å². The third-order valence-electron chi connectivity index (χ3n) is 3.76. The summed E-state index contributed by atoms with van der Waals surface area (Å²) in [6.07, 6.45) is 0. The van der Waals surface area contributed by atoms with Crippen LogP contribution in [0.3, 0.4) is 0 Å². The minimum absolute atomic E-state index is 0.0128. The molecule has 0 radical (unpaired) electrons. The van der Waals surface area contributed by atoms with E-state index in [2.05, 4.69) is 5.32 Å². The Hall–Kier alpha value is -2.49. The van der Waals surface area contributed by atoms with Crippen molar-refractivity contribution < 1.29 is 4.79 Å². The van der Waals surface area contributed by atoms with Gasteiger partial charge in [-0.25, -0.2) is 0 Å². The first-order chi connectivity index (χ1) is 9.97. The van der Waals surface area contributed by atoms with Crippen molar-refractivity contribution in [3.63, 3.8) is 0 Å². The van der Waals surface area contributed by atoms with Crippen LogP contribution in [0.25, 0.3) is 11.1 Å². The third-order valence-corrected chi connectivity index (χ3v) is 3.76. The highest BCUT2D eigenvalue weighted by Crippen LogP contribution is 2.46. The molecule has 2 aromatic rings. The zero-order valence-electron chi connectivity index (χ0n) is 12.2. The molecule has 5 N–H and O–H groups in total. The van der Waals surface area contributed by atoms with E-state index in [0.29, 0.717) is 11.4 Å². The number of anilines is 2. The van der Waals surface area contributed by atoms with Crippen LogP contribution in [0, 0.1) is 0 Å².